The van der Waals surface area contributed by atoms with Crippen LogP contribution in [0.1, 0.15) is 79.5 Å². The molecule has 3 aromatic rings. The normalized spacial score (nSPS) is 11.7. The average molecular weight is 548 g/mol. The van der Waals surface area contributed by atoms with Gasteiger partial charge in [0, 0.05) is 23.0 Å². The van der Waals surface area contributed by atoms with Crippen molar-refractivity contribution in [2.45, 2.75) is 85.6 Å². The van der Waals surface area contributed by atoms with Crippen molar-refractivity contribution in [3.8, 4) is 0 Å². The third-order valence-corrected chi connectivity index (χ3v) is 5.79. The molecule has 3 heterocycles. The Bertz CT molecular complexity index is 1260. The molecule has 0 amide bonds. The van der Waals surface area contributed by atoms with Gasteiger partial charge in [-0.1, -0.05) is 41.5 Å². The molecule has 0 aliphatic rings. The van der Waals surface area contributed by atoms with Crippen LogP contribution in [0.5, 0.6) is 0 Å². The molecular formula is C26H41N7O6. The van der Waals surface area contributed by atoms with Crippen molar-refractivity contribution in [2.75, 3.05) is 0 Å². The molecule has 0 saturated heterocycles. The second-order valence-corrected chi connectivity index (χ2v) is 12.2. The van der Waals surface area contributed by atoms with Gasteiger partial charge in [0.05, 0.1) is 14.1 Å². The van der Waals surface area contributed by atoms with Crippen LogP contribution in [0, 0.1) is 37.3 Å². The quantitative estimate of drug-likeness (QED) is 0.274. The molecule has 0 saturated carbocycles. The first-order valence-corrected chi connectivity index (χ1v) is 12.3. The fourth-order valence-electron chi connectivity index (χ4n) is 4.24. The first-order chi connectivity index (χ1) is 17.5. The van der Waals surface area contributed by atoms with Crippen molar-refractivity contribution < 1.29 is 14.8 Å². The van der Waals surface area contributed by atoms with E-state index in [2.05, 4.69) is 4.98 Å². The van der Waals surface area contributed by atoms with Gasteiger partial charge in [-0.15, -0.1) is 0 Å². The fourth-order valence-corrected chi connectivity index (χ4v) is 4.24. The van der Waals surface area contributed by atoms with Crippen molar-refractivity contribution in [2.24, 2.45) is 14.1 Å². The van der Waals surface area contributed by atoms with Crippen LogP contribution < -0.4 is 0 Å². The minimum Gasteiger partial charge on any atom is -0.358 e. The molecule has 39 heavy (non-hydrogen) atoms. The van der Waals surface area contributed by atoms with E-state index in [-0.39, 0.29) is 43.7 Å². The van der Waals surface area contributed by atoms with Gasteiger partial charge in [0.25, 0.3) is 0 Å². The molecule has 0 bridgehead atoms. The Labute approximate surface area is 228 Å². The monoisotopic (exact) mass is 547 g/mol. The molecule has 0 radical (unpaired) electrons. The number of aryl methyl sites for hydroxylation is 1. The summed E-state index contributed by atoms with van der Waals surface area (Å²) < 4.78 is 4.87. The van der Waals surface area contributed by atoms with Crippen LogP contribution in [0.3, 0.4) is 0 Å². The largest absolute Gasteiger partial charge is 0.358 e. The molecule has 0 unspecified atom stereocenters. The molecule has 0 atom stereocenters. The van der Waals surface area contributed by atoms with E-state index in [9.17, 15) is 30.3 Å². The Balaban J connectivity index is 0.000000292. The highest BCUT2D eigenvalue weighted by Crippen LogP contribution is 2.27. The summed E-state index contributed by atoms with van der Waals surface area (Å²) in [7, 11) is 3.38. The molecule has 3 rings (SSSR count). The number of hydrogen-bond donors (Lipinski definition) is 0. The van der Waals surface area contributed by atoms with E-state index in [4.69, 9.17) is 0 Å². The smallest absolute Gasteiger partial charge is 0.342 e. The Morgan fingerprint density at radius 1 is 0.667 bits per heavy atom. The van der Waals surface area contributed by atoms with Gasteiger partial charge in [-0.2, -0.15) is 0 Å². The third kappa shape index (κ3) is 8.23. The summed E-state index contributed by atoms with van der Waals surface area (Å²) in [6.07, 6.45) is 1.29. The summed E-state index contributed by atoms with van der Waals surface area (Å²) in [4.78, 5) is 34.6. The molecule has 13 heteroatoms. The maximum atomic E-state index is 10.7. The van der Waals surface area contributed by atoms with Gasteiger partial charge in [-0.25, -0.2) is 18.7 Å². The van der Waals surface area contributed by atoms with Crippen LogP contribution in [0.15, 0.2) is 30.5 Å². The van der Waals surface area contributed by atoms with Crippen molar-refractivity contribution in [1.82, 2.24) is 18.7 Å². The predicted molar refractivity (Wildman–Crippen MR) is 150 cm³/mol. The molecule has 216 valence electrons. The van der Waals surface area contributed by atoms with E-state index >= 15 is 0 Å². The maximum absolute atomic E-state index is 10.7. The molecule has 0 fully saturated rings. The van der Waals surface area contributed by atoms with E-state index in [1.807, 2.05) is 69.2 Å². The van der Waals surface area contributed by atoms with Gasteiger partial charge in [0.15, 0.2) is 0 Å². The predicted octanol–water partition coefficient (Wildman–Crippen LogP) is 6.32. The van der Waals surface area contributed by atoms with E-state index in [0.29, 0.717) is 0 Å². The SMILES string of the molecule is Cc1ccc([N+](=O)[O-])n1C(C)(C)C.Cn1c([N+](=O)[O-])ccc1C(C)(C)C.Cn1c([N+](=O)[O-])cnc1C(C)(C)C. The lowest BCUT2D eigenvalue weighted by Gasteiger charge is -2.18. The van der Waals surface area contributed by atoms with Gasteiger partial charge in [-0.05, 0) is 54.6 Å². The lowest BCUT2D eigenvalue weighted by atomic mass is 9.92. The van der Waals surface area contributed by atoms with Crippen LogP contribution in [0.25, 0.3) is 0 Å². The average Bonchev–Trinajstić information content (AvgIpc) is 3.43. The minimum atomic E-state index is -0.428. The van der Waals surface area contributed by atoms with E-state index < -0.39 is 4.92 Å². The Morgan fingerprint density at radius 2 is 1.13 bits per heavy atom. The Morgan fingerprint density at radius 3 is 1.38 bits per heavy atom. The summed E-state index contributed by atoms with van der Waals surface area (Å²) >= 11 is 0. The van der Waals surface area contributed by atoms with Crippen molar-refractivity contribution in [3.63, 3.8) is 0 Å². The van der Waals surface area contributed by atoms with E-state index in [1.54, 1.807) is 47.5 Å². The summed E-state index contributed by atoms with van der Waals surface area (Å²) in [5.41, 5.74) is 1.43. The van der Waals surface area contributed by atoms with Crippen LogP contribution in [0.2, 0.25) is 0 Å². The summed E-state index contributed by atoms with van der Waals surface area (Å²) in [5, 5.41) is 31.7. The molecule has 0 aliphatic carbocycles. The molecule has 0 aliphatic heterocycles. The zero-order valence-electron chi connectivity index (χ0n) is 25.0. The molecule has 13 nitrogen and oxygen atoms in total. The highest BCUT2D eigenvalue weighted by Gasteiger charge is 2.28. The third-order valence-electron chi connectivity index (χ3n) is 5.79. The van der Waals surface area contributed by atoms with Crippen molar-refractivity contribution >= 4 is 17.5 Å². The summed E-state index contributed by atoms with van der Waals surface area (Å²) in [5.74, 6) is 1.05. The number of imidazole rings is 1. The number of hydrogen-bond acceptors (Lipinski definition) is 7. The lowest BCUT2D eigenvalue weighted by molar-refractivity contribution is -0.393. The van der Waals surface area contributed by atoms with Gasteiger partial charge < -0.3 is 30.3 Å². The maximum Gasteiger partial charge on any atom is 0.342 e. The first-order valence-electron chi connectivity index (χ1n) is 12.3. The molecule has 0 aromatic carbocycles. The number of nitrogens with zero attached hydrogens (tertiary/aromatic N) is 7. The van der Waals surface area contributed by atoms with Gasteiger partial charge in [0.1, 0.15) is 23.1 Å². The topological polar surface area (TPSA) is 157 Å². The first kappa shape index (κ1) is 33.0. The number of rotatable bonds is 3. The number of nitro groups is 3. The molecule has 0 spiro atoms. The summed E-state index contributed by atoms with van der Waals surface area (Å²) in [6.45, 7) is 19.7. The molecular weight excluding hydrogens is 506 g/mol. The van der Waals surface area contributed by atoms with Crippen LogP contribution in [-0.2, 0) is 30.5 Å². The standard InChI is InChI=1S/2C9H14N2O2.C8H13N3O2/c1-9(2,3)7-5-6-8(10(7)4)11(12)13;1-7-5-6-8(11(12)13)10(7)9(2,3)4;1-8(2,3)7-9-5-6(10(7)4)11(12)13/h2*5-6H,1-4H3;5H,1-4H3. The number of aromatic nitrogens is 4. The molecule has 0 N–H and O–H groups in total. The van der Waals surface area contributed by atoms with Gasteiger partial charge in [-0.3, -0.25) is 0 Å². The van der Waals surface area contributed by atoms with Crippen molar-refractivity contribution in [3.05, 3.63) is 78.0 Å². The summed E-state index contributed by atoms with van der Waals surface area (Å²) in [6, 6.07) is 6.66. The second kappa shape index (κ2) is 11.8. The highest BCUT2D eigenvalue weighted by atomic mass is 16.6. The zero-order valence-corrected chi connectivity index (χ0v) is 25.0. The van der Waals surface area contributed by atoms with Crippen LogP contribution in [0.4, 0.5) is 17.5 Å². The van der Waals surface area contributed by atoms with Gasteiger partial charge in [0.2, 0.25) is 5.82 Å². The zero-order chi connectivity index (χ0) is 30.7. The van der Waals surface area contributed by atoms with Crippen molar-refractivity contribution in [1.29, 1.82) is 0 Å². The Kier molecular flexibility index (Phi) is 9.97. The second-order valence-electron chi connectivity index (χ2n) is 12.2. The van der Waals surface area contributed by atoms with E-state index in [1.165, 1.54) is 10.8 Å². The Hall–Kier alpha value is -4.03. The van der Waals surface area contributed by atoms with Crippen LogP contribution >= 0.6 is 0 Å². The fraction of sp³-hybridized carbons (Fsp3) is 0.577. The van der Waals surface area contributed by atoms with Crippen LogP contribution in [-0.4, -0.2) is 33.5 Å². The highest BCUT2D eigenvalue weighted by molar-refractivity contribution is 5.31. The van der Waals surface area contributed by atoms with Gasteiger partial charge >= 0.3 is 17.5 Å². The van der Waals surface area contributed by atoms with E-state index in [0.717, 1.165) is 17.2 Å². The molecule has 3 aromatic heterocycles. The minimum absolute atomic E-state index is 0.0323. The lowest BCUT2D eigenvalue weighted by Crippen LogP contribution is -2.24.